The van der Waals surface area contributed by atoms with Gasteiger partial charge in [-0.3, -0.25) is 0 Å². The molecule has 1 amide bonds. The second-order valence-electron chi connectivity index (χ2n) is 9.94. The van der Waals surface area contributed by atoms with Gasteiger partial charge in [-0.15, -0.1) is 5.92 Å². The fourth-order valence-corrected chi connectivity index (χ4v) is 6.45. The van der Waals surface area contributed by atoms with Crippen LogP contribution < -0.4 is 10.1 Å². The predicted molar refractivity (Wildman–Crippen MR) is 127 cm³/mol. The Bertz CT molecular complexity index is 883. The molecule has 3 aliphatic rings. The van der Waals surface area contributed by atoms with Gasteiger partial charge < -0.3 is 20.1 Å². The van der Waals surface area contributed by atoms with Crippen molar-refractivity contribution in [2.24, 2.45) is 5.92 Å². The quantitative estimate of drug-likeness (QED) is 0.646. The van der Waals surface area contributed by atoms with Crippen LogP contribution in [0.5, 0.6) is 5.75 Å². The van der Waals surface area contributed by atoms with Crippen LogP contribution in [0.3, 0.4) is 0 Å². The van der Waals surface area contributed by atoms with Gasteiger partial charge in [0.15, 0.2) is 0 Å². The molecule has 0 unspecified atom stereocenters. The largest absolute Gasteiger partial charge is 0.412 e. The Morgan fingerprint density at radius 3 is 2.88 bits per heavy atom. The lowest BCUT2D eigenvalue weighted by atomic mass is 9.53. The number of ether oxygens (including phenoxy) is 1. The maximum Gasteiger partial charge on any atom is 0.412 e. The Morgan fingerprint density at radius 2 is 2.12 bits per heavy atom. The molecule has 1 saturated carbocycles. The van der Waals surface area contributed by atoms with Crippen LogP contribution in [0.2, 0.25) is 0 Å². The maximum absolute atomic E-state index is 12.3. The zero-order valence-electron chi connectivity index (χ0n) is 19.7. The number of likely N-dealkylation sites (tertiary alicyclic amines) is 1. The highest BCUT2D eigenvalue weighted by molar-refractivity contribution is 5.70. The number of carbonyl (C=O) groups excluding carboxylic acids is 1. The molecule has 0 bridgehead atoms. The van der Waals surface area contributed by atoms with Crippen LogP contribution in [-0.2, 0) is 11.8 Å². The third-order valence-electron chi connectivity index (χ3n) is 7.89. The monoisotopic (exact) mass is 438 g/mol. The van der Waals surface area contributed by atoms with Crippen molar-refractivity contribution in [2.75, 3.05) is 26.2 Å². The molecule has 32 heavy (non-hydrogen) atoms. The molecule has 2 N–H and O–H groups in total. The van der Waals surface area contributed by atoms with E-state index < -0.39 is 5.60 Å². The van der Waals surface area contributed by atoms with E-state index in [0.29, 0.717) is 18.2 Å². The zero-order chi connectivity index (χ0) is 22.6. The van der Waals surface area contributed by atoms with Crippen LogP contribution in [0.15, 0.2) is 18.2 Å². The summed E-state index contributed by atoms with van der Waals surface area (Å²) in [6, 6.07) is 6.20. The molecule has 2 fully saturated rings. The van der Waals surface area contributed by atoms with Gasteiger partial charge in [-0.2, -0.15) is 0 Å². The van der Waals surface area contributed by atoms with Crippen molar-refractivity contribution in [3.63, 3.8) is 0 Å². The van der Waals surface area contributed by atoms with Gasteiger partial charge in [0.25, 0.3) is 0 Å². The summed E-state index contributed by atoms with van der Waals surface area (Å²) >= 11 is 0. The second kappa shape index (κ2) is 9.85. The standard InChI is InChI=1S/C27H38N2O3/c1-3-11-26(31)13-14-27(12-4-2)22(20-26)8-7-21-19-23(9-10-24(21)27)32-25(30)28-15-18-29-16-5-6-17-29/h9-10,19,22,31H,4-8,12-18,20H2,1-2H3,(H,28,30)/t22-,26+,27-/m0/s1. The first-order chi connectivity index (χ1) is 15.5. The molecule has 0 spiro atoms. The molecule has 3 atom stereocenters. The number of aliphatic hydroxyl groups is 1. The molecule has 1 saturated heterocycles. The Kier molecular flexibility index (Phi) is 7.12. The molecule has 0 radical (unpaired) electrons. The Balaban J connectivity index is 1.44. The number of hydrogen-bond acceptors (Lipinski definition) is 4. The molecule has 1 aliphatic heterocycles. The van der Waals surface area contributed by atoms with Gasteiger partial charge in [0, 0.05) is 13.1 Å². The molecular formula is C27H38N2O3. The van der Waals surface area contributed by atoms with Crippen LogP contribution in [0.25, 0.3) is 0 Å². The smallest absolute Gasteiger partial charge is 0.410 e. The van der Waals surface area contributed by atoms with Crippen LogP contribution in [0, 0.1) is 17.8 Å². The van der Waals surface area contributed by atoms with E-state index in [1.54, 1.807) is 0 Å². The van der Waals surface area contributed by atoms with Crippen molar-refractivity contribution in [1.82, 2.24) is 10.2 Å². The van der Waals surface area contributed by atoms with Gasteiger partial charge in [0.1, 0.15) is 11.4 Å². The van der Waals surface area contributed by atoms with Gasteiger partial charge >= 0.3 is 6.09 Å². The summed E-state index contributed by atoms with van der Waals surface area (Å²) in [5, 5.41) is 13.9. The van der Waals surface area contributed by atoms with Crippen LogP contribution in [0.4, 0.5) is 4.79 Å². The zero-order valence-corrected chi connectivity index (χ0v) is 19.7. The number of nitrogens with one attached hydrogen (secondary N) is 1. The SMILES string of the molecule is CC#C[C@@]1(O)CC[C@]2(CCC)c3ccc(OC(=O)NCCN4CCCC4)cc3CC[C@H]2C1. The van der Waals surface area contributed by atoms with Gasteiger partial charge in [-0.25, -0.2) is 4.79 Å². The number of amides is 1. The lowest BCUT2D eigenvalue weighted by molar-refractivity contribution is -0.0109. The van der Waals surface area contributed by atoms with Crippen molar-refractivity contribution in [3.8, 4) is 17.6 Å². The number of nitrogens with zero attached hydrogens (tertiary/aromatic N) is 1. The molecule has 5 nitrogen and oxygen atoms in total. The van der Waals surface area contributed by atoms with E-state index in [1.165, 1.54) is 24.0 Å². The van der Waals surface area contributed by atoms with Gasteiger partial charge in [0.05, 0.1) is 0 Å². The minimum atomic E-state index is -0.843. The Hall–Kier alpha value is -2.03. The molecule has 174 valence electrons. The number of benzene rings is 1. The number of rotatable bonds is 6. The Labute approximate surface area is 192 Å². The molecule has 1 aromatic rings. The molecule has 1 heterocycles. The van der Waals surface area contributed by atoms with Crippen molar-refractivity contribution in [1.29, 1.82) is 0 Å². The highest BCUT2D eigenvalue weighted by Crippen LogP contribution is 2.55. The third-order valence-corrected chi connectivity index (χ3v) is 7.89. The van der Waals surface area contributed by atoms with E-state index in [9.17, 15) is 9.90 Å². The summed E-state index contributed by atoms with van der Waals surface area (Å²) in [5.41, 5.74) is 1.94. The van der Waals surface area contributed by atoms with Gasteiger partial charge in [0.2, 0.25) is 0 Å². The van der Waals surface area contributed by atoms with Gasteiger partial charge in [-0.1, -0.05) is 25.3 Å². The first-order valence-corrected chi connectivity index (χ1v) is 12.5. The fourth-order valence-electron chi connectivity index (χ4n) is 6.45. The van der Waals surface area contributed by atoms with E-state index >= 15 is 0 Å². The molecule has 4 rings (SSSR count). The summed E-state index contributed by atoms with van der Waals surface area (Å²) in [6.45, 7) is 7.82. The Morgan fingerprint density at radius 1 is 1.31 bits per heavy atom. The van der Waals surface area contributed by atoms with Crippen LogP contribution >= 0.6 is 0 Å². The van der Waals surface area contributed by atoms with E-state index in [2.05, 4.69) is 41.1 Å². The molecule has 5 heteroatoms. The highest BCUT2D eigenvalue weighted by atomic mass is 16.6. The highest BCUT2D eigenvalue weighted by Gasteiger charge is 2.50. The molecule has 2 aliphatic carbocycles. The van der Waals surface area contributed by atoms with E-state index in [0.717, 1.165) is 64.6 Å². The lowest BCUT2D eigenvalue weighted by Gasteiger charge is -2.52. The number of fused-ring (bicyclic) bond motifs is 3. The summed E-state index contributed by atoms with van der Waals surface area (Å²) in [7, 11) is 0. The van der Waals surface area contributed by atoms with Crippen molar-refractivity contribution in [3.05, 3.63) is 29.3 Å². The lowest BCUT2D eigenvalue weighted by Crippen LogP contribution is -2.49. The third kappa shape index (κ3) is 4.82. The first kappa shape index (κ1) is 23.1. The van der Waals surface area contributed by atoms with E-state index in [1.807, 2.05) is 13.0 Å². The fraction of sp³-hybridized carbons (Fsp3) is 0.667. The minimum absolute atomic E-state index is 0.0977. The van der Waals surface area contributed by atoms with Gasteiger partial charge in [-0.05, 0) is 106 Å². The van der Waals surface area contributed by atoms with E-state index in [-0.39, 0.29) is 11.5 Å². The number of aryl methyl sites for hydroxylation is 1. The van der Waals surface area contributed by atoms with Crippen LogP contribution in [0.1, 0.15) is 76.3 Å². The first-order valence-electron chi connectivity index (χ1n) is 12.5. The van der Waals surface area contributed by atoms with Crippen molar-refractivity contribution < 1.29 is 14.6 Å². The second-order valence-corrected chi connectivity index (χ2v) is 9.94. The minimum Gasteiger partial charge on any atom is -0.410 e. The van der Waals surface area contributed by atoms with Crippen LogP contribution in [-0.4, -0.2) is 47.9 Å². The van der Waals surface area contributed by atoms with Crippen molar-refractivity contribution in [2.45, 2.75) is 82.7 Å². The summed E-state index contributed by atoms with van der Waals surface area (Å²) in [5.74, 6) is 7.08. The summed E-state index contributed by atoms with van der Waals surface area (Å²) < 4.78 is 5.61. The maximum atomic E-state index is 12.3. The van der Waals surface area contributed by atoms with E-state index in [4.69, 9.17) is 4.74 Å². The summed E-state index contributed by atoms with van der Waals surface area (Å²) in [6.07, 6.45) is 8.82. The number of hydrogen-bond donors (Lipinski definition) is 2. The average molecular weight is 439 g/mol. The topological polar surface area (TPSA) is 61.8 Å². The molecule has 0 aromatic heterocycles. The number of carbonyl (C=O) groups is 1. The predicted octanol–water partition coefficient (Wildman–Crippen LogP) is 4.41. The molecular weight excluding hydrogens is 400 g/mol. The average Bonchev–Trinajstić information content (AvgIpc) is 3.28. The normalized spacial score (nSPS) is 29.4. The van der Waals surface area contributed by atoms with Crippen molar-refractivity contribution >= 4 is 6.09 Å². The molecule has 1 aromatic carbocycles. The summed E-state index contributed by atoms with van der Waals surface area (Å²) in [4.78, 5) is 14.7.